The van der Waals surface area contributed by atoms with Crippen LogP contribution < -0.4 is 51.4 Å². The summed E-state index contributed by atoms with van der Waals surface area (Å²) in [6.07, 6.45) is 0.154. The SMILES string of the molecule is CO[C@H](CC([NH-])=O)[C@H](Cc1ccc(Cl)cc1C)c1ccc(F)cc1.[K+].[OH3+]. The van der Waals surface area contributed by atoms with Crippen LogP contribution in [0.15, 0.2) is 42.5 Å². The summed E-state index contributed by atoms with van der Waals surface area (Å²) in [4.78, 5) is 11.3. The molecule has 2 atom stereocenters. The Morgan fingerprint density at radius 3 is 2.35 bits per heavy atom. The molecule has 0 radical (unpaired) electrons. The van der Waals surface area contributed by atoms with Gasteiger partial charge in [-0.25, -0.2) is 4.39 Å². The molecular weight excluding hydrogens is 384 g/mol. The van der Waals surface area contributed by atoms with Crippen LogP contribution >= 0.6 is 11.6 Å². The molecule has 0 saturated carbocycles. The van der Waals surface area contributed by atoms with Crippen LogP contribution in [0.4, 0.5) is 4.39 Å². The zero-order valence-corrected chi connectivity index (χ0v) is 19.1. The van der Waals surface area contributed by atoms with Gasteiger partial charge in [-0.1, -0.05) is 29.8 Å². The molecule has 0 unspecified atom stereocenters. The summed E-state index contributed by atoms with van der Waals surface area (Å²) in [5.41, 5.74) is 10.2. The Labute approximate surface area is 201 Å². The summed E-state index contributed by atoms with van der Waals surface area (Å²) in [6, 6.07) is 11.8. The standard InChI is InChI=1S/C19H21ClFNO2.K.H2O/c1-12-9-15(20)6-3-14(12)10-17(18(24-2)11-19(22)23)13-4-7-16(21)8-5-13;;/h3-9,17-18H,10-11H2,1-2H3,(H2,22,23);;1H2/q;+1;/t17-,18-;;/m1../s1. The molecule has 0 heterocycles. The molecule has 2 rings (SSSR count). The van der Waals surface area contributed by atoms with Gasteiger partial charge in [0.05, 0.1) is 12.0 Å². The number of hydrogen-bond acceptors (Lipinski definition) is 2. The van der Waals surface area contributed by atoms with E-state index < -0.39 is 12.0 Å². The largest absolute Gasteiger partial charge is 1.00 e. The van der Waals surface area contributed by atoms with Gasteiger partial charge < -0.3 is 20.7 Å². The van der Waals surface area contributed by atoms with E-state index in [1.807, 2.05) is 25.1 Å². The molecule has 4 N–H and O–H groups in total. The first-order chi connectivity index (χ1) is 11.4. The average molecular weight is 407 g/mol. The van der Waals surface area contributed by atoms with Gasteiger partial charge in [0.25, 0.3) is 0 Å². The van der Waals surface area contributed by atoms with Crippen molar-refractivity contribution in [1.82, 2.24) is 0 Å². The predicted octanol–water partition coefficient (Wildman–Crippen LogP) is 1.18. The van der Waals surface area contributed by atoms with E-state index in [9.17, 15) is 9.18 Å². The van der Waals surface area contributed by atoms with E-state index in [1.54, 1.807) is 12.1 Å². The molecule has 1 amide bonds. The Morgan fingerprint density at radius 2 is 1.85 bits per heavy atom. The van der Waals surface area contributed by atoms with E-state index in [2.05, 4.69) is 0 Å². The fraction of sp³-hybridized carbons (Fsp3) is 0.316. The molecule has 7 heteroatoms. The van der Waals surface area contributed by atoms with Crippen LogP contribution in [0.3, 0.4) is 0 Å². The Morgan fingerprint density at radius 1 is 1.23 bits per heavy atom. The zero-order valence-electron chi connectivity index (χ0n) is 15.3. The second-order valence-corrected chi connectivity index (χ2v) is 6.27. The van der Waals surface area contributed by atoms with Crippen LogP contribution in [-0.2, 0) is 21.4 Å². The van der Waals surface area contributed by atoms with Gasteiger partial charge in [-0.05, 0) is 54.3 Å². The van der Waals surface area contributed by atoms with Gasteiger partial charge in [-0.2, -0.15) is 0 Å². The number of nitrogens with one attached hydrogen (secondary N) is 1. The third-order valence-corrected chi connectivity index (χ3v) is 4.42. The summed E-state index contributed by atoms with van der Waals surface area (Å²) in [7, 11) is 1.53. The molecule has 0 aromatic heterocycles. The van der Waals surface area contributed by atoms with Gasteiger partial charge in [-0.15, -0.1) is 0 Å². The summed E-state index contributed by atoms with van der Waals surface area (Å²) in [5, 5.41) is 0.666. The van der Waals surface area contributed by atoms with Gasteiger partial charge in [0.15, 0.2) is 0 Å². The van der Waals surface area contributed by atoms with Gasteiger partial charge in [-0.3, -0.25) is 0 Å². The van der Waals surface area contributed by atoms with E-state index in [-0.39, 0.29) is 75.0 Å². The Hall–Kier alpha value is -0.314. The zero-order chi connectivity index (χ0) is 17.7. The van der Waals surface area contributed by atoms with Gasteiger partial charge in [0, 0.05) is 24.5 Å². The summed E-state index contributed by atoms with van der Waals surface area (Å²) >= 11 is 6.01. The first kappa shape index (κ1) is 25.7. The van der Waals surface area contributed by atoms with Crippen LogP contribution in [0.5, 0.6) is 0 Å². The molecule has 2 aromatic carbocycles. The Bertz CT molecular complexity index is 712. The smallest absolute Gasteiger partial charge is 0.668 e. The quantitative estimate of drug-likeness (QED) is 0.511. The molecule has 0 aliphatic rings. The summed E-state index contributed by atoms with van der Waals surface area (Å²) in [5.74, 6) is -1.16. The van der Waals surface area contributed by atoms with E-state index in [0.29, 0.717) is 11.4 Å². The Kier molecular flexibility index (Phi) is 12.1. The van der Waals surface area contributed by atoms with Gasteiger partial charge in [0.2, 0.25) is 0 Å². The number of benzene rings is 2. The third-order valence-electron chi connectivity index (χ3n) is 4.18. The number of methoxy groups -OCH3 is 1. The minimum Gasteiger partial charge on any atom is -0.668 e. The molecule has 0 fully saturated rings. The Balaban J connectivity index is 0.00000312. The summed E-state index contributed by atoms with van der Waals surface area (Å²) in [6.45, 7) is 1.97. The monoisotopic (exact) mass is 406 g/mol. The molecule has 0 aliphatic heterocycles. The first-order valence-corrected chi connectivity index (χ1v) is 8.06. The van der Waals surface area contributed by atoms with Crippen molar-refractivity contribution in [2.45, 2.75) is 31.8 Å². The molecule has 0 spiro atoms. The maximum atomic E-state index is 13.2. The number of ether oxygens (including phenoxy) is 1. The fourth-order valence-electron chi connectivity index (χ4n) is 2.87. The number of halogens is 2. The van der Waals surface area contributed by atoms with Gasteiger partial charge in [0.1, 0.15) is 5.82 Å². The number of carbonyl (C=O) groups excluding carboxylic acids is 1. The van der Waals surface area contributed by atoms with Crippen LogP contribution in [-0.4, -0.2) is 19.1 Å². The summed E-state index contributed by atoms with van der Waals surface area (Å²) < 4.78 is 18.7. The second-order valence-electron chi connectivity index (χ2n) is 5.83. The average Bonchev–Trinajstić information content (AvgIpc) is 2.53. The predicted molar refractivity (Wildman–Crippen MR) is 98.6 cm³/mol. The van der Waals surface area contributed by atoms with Crippen molar-refractivity contribution in [3.8, 4) is 0 Å². The maximum absolute atomic E-state index is 13.2. The van der Waals surface area contributed by atoms with Crippen molar-refractivity contribution in [2.24, 2.45) is 0 Å². The topological polar surface area (TPSA) is 83.1 Å². The van der Waals surface area contributed by atoms with Crippen LogP contribution in [0, 0.1) is 12.7 Å². The number of carbonyl (C=O) groups is 1. The van der Waals surface area contributed by atoms with E-state index in [0.717, 1.165) is 16.7 Å². The minimum atomic E-state index is -0.679. The van der Waals surface area contributed by atoms with Crippen molar-refractivity contribution < 1.29 is 70.8 Å². The molecule has 4 nitrogen and oxygen atoms in total. The molecule has 0 saturated heterocycles. The van der Waals surface area contributed by atoms with Crippen LogP contribution in [0.1, 0.15) is 29.0 Å². The van der Waals surface area contributed by atoms with Gasteiger partial charge >= 0.3 is 51.4 Å². The molecule has 0 bridgehead atoms. The number of aryl methyl sites for hydroxylation is 1. The van der Waals surface area contributed by atoms with E-state index in [1.165, 1.54) is 19.2 Å². The van der Waals surface area contributed by atoms with Crippen molar-refractivity contribution in [1.29, 1.82) is 0 Å². The van der Waals surface area contributed by atoms with Crippen LogP contribution in [0.25, 0.3) is 5.73 Å². The minimum absolute atomic E-state index is 0. The van der Waals surface area contributed by atoms with Crippen molar-refractivity contribution in [2.75, 3.05) is 7.11 Å². The molecule has 26 heavy (non-hydrogen) atoms. The second kappa shape index (κ2) is 12.2. The third kappa shape index (κ3) is 7.36. The van der Waals surface area contributed by atoms with Crippen molar-refractivity contribution in [3.05, 3.63) is 75.7 Å². The molecular formula is C19H23ClFKNO3+. The van der Waals surface area contributed by atoms with E-state index in [4.69, 9.17) is 22.1 Å². The van der Waals surface area contributed by atoms with E-state index >= 15 is 0 Å². The van der Waals surface area contributed by atoms with Crippen LogP contribution in [0.2, 0.25) is 5.02 Å². The van der Waals surface area contributed by atoms with Crippen molar-refractivity contribution >= 4 is 17.5 Å². The molecule has 2 aromatic rings. The number of rotatable bonds is 7. The molecule has 0 aliphatic carbocycles. The molecule has 136 valence electrons. The number of amides is 1. The fourth-order valence-corrected chi connectivity index (χ4v) is 3.10. The normalized spacial score (nSPS) is 12.5. The maximum Gasteiger partial charge on any atom is 1.00 e. The first-order valence-electron chi connectivity index (χ1n) is 7.68. The van der Waals surface area contributed by atoms with Crippen molar-refractivity contribution in [3.63, 3.8) is 0 Å². The number of hydrogen-bond donors (Lipinski definition) is 0.